The first-order chi connectivity index (χ1) is 11.5. The molecule has 0 N–H and O–H groups in total. The molecule has 0 radical (unpaired) electrons. The Hall–Kier alpha value is -0.570. The first kappa shape index (κ1) is 18.2. The molecule has 2 saturated heterocycles. The highest BCUT2D eigenvalue weighted by Crippen LogP contribution is 2.34. The Kier molecular flexibility index (Phi) is 5.89. The molecule has 3 rings (SSSR count). The van der Waals surface area contributed by atoms with E-state index in [2.05, 4.69) is 37.5 Å². The van der Waals surface area contributed by atoms with Gasteiger partial charge in [0, 0.05) is 25.0 Å². The van der Waals surface area contributed by atoms with Gasteiger partial charge in [0.05, 0.1) is 0 Å². The lowest BCUT2D eigenvalue weighted by atomic mass is 9.78. The normalized spacial score (nSPS) is 30.8. The first-order valence-corrected chi connectivity index (χ1v) is 10.5. The van der Waals surface area contributed by atoms with Crippen molar-refractivity contribution in [1.82, 2.24) is 9.80 Å². The summed E-state index contributed by atoms with van der Waals surface area (Å²) in [6.45, 7) is 13.6. The number of nitrogens with zero attached hydrogens (tertiary/aromatic N) is 2. The highest BCUT2D eigenvalue weighted by Gasteiger charge is 2.38. The van der Waals surface area contributed by atoms with Crippen LogP contribution in [0, 0.1) is 29.6 Å². The maximum Gasteiger partial charge on any atom is 0.225 e. The van der Waals surface area contributed by atoms with Crippen molar-refractivity contribution in [3.05, 3.63) is 0 Å². The Morgan fingerprint density at radius 3 is 1.83 bits per heavy atom. The van der Waals surface area contributed by atoms with Crippen LogP contribution in [0.25, 0.3) is 0 Å². The van der Waals surface area contributed by atoms with Crippen LogP contribution in [-0.2, 0) is 4.79 Å². The van der Waals surface area contributed by atoms with Gasteiger partial charge in [0.1, 0.15) is 0 Å². The summed E-state index contributed by atoms with van der Waals surface area (Å²) in [6.07, 6.45) is 7.75. The van der Waals surface area contributed by atoms with Gasteiger partial charge in [-0.2, -0.15) is 0 Å². The van der Waals surface area contributed by atoms with Crippen LogP contribution >= 0.6 is 0 Å². The monoisotopic (exact) mass is 334 g/mol. The fourth-order valence-corrected chi connectivity index (χ4v) is 5.02. The molecule has 0 aromatic heterocycles. The van der Waals surface area contributed by atoms with E-state index in [0.29, 0.717) is 11.8 Å². The molecule has 1 aliphatic carbocycles. The average Bonchev–Trinajstić information content (AvgIpc) is 2.53. The second-order valence-corrected chi connectivity index (χ2v) is 9.37. The molecule has 2 aliphatic heterocycles. The summed E-state index contributed by atoms with van der Waals surface area (Å²) in [5.41, 5.74) is 0. The van der Waals surface area contributed by atoms with Crippen LogP contribution in [-0.4, -0.2) is 47.9 Å². The summed E-state index contributed by atoms with van der Waals surface area (Å²) in [6, 6.07) is 0.797. The van der Waals surface area contributed by atoms with Gasteiger partial charge in [0.15, 0.2) is 0 Å². The summed E-state index contributed by atoms with van der Waals surface area (Å²) >= 11 is 0. The van der Waals surface area contributed by atoms with Gasteiger partial charge in [-0.05, 0) is 75.3 Å². The molecule has 0 aromatic rings. The average molecular weight is 335 g/mol. The van der Waals surface area contributed by atoms with E-state index in [1.54, 1.807) is 0 Å². The molecule has 0 unspecified atom stereocenters. The predicted octanol–water partition coefficient (Wildman–Crippen LogP) is 4.03. The maximum absolute atomic E-state index is 12.7. The van der Waals surface area contributed by atoms with Gasteiger partial charge in [0.25, 0.3) is 0 Å². The first-order valence-electron chi connectivity index (χ1n) is 10.5. The molecule has 2 heterocycles. The van der Waals surface area contributed by atoms with Gasteiger partial charge in [-0.1, -0.05) is 27.7 Å². The van der Waals surface area contributed by atoms with Crippen LogP contribution in [0.1, 0.15) is 66.2 Å². The van der Waals surface area contributed by atoms with Crippen molar-refractivity contribution in [2.24, 2.45) is 29.6 Å². The molecule has 0 atom stereocenters. The third-order valence-corrected chi connectivity index (χ3v) is 7.24. The van der Waals surface area contributed by atoms with Crippen LogP contribution in [0.15, 0.2) is 0 Å². The number of piperidine rings is 1. The minimum Gasteiger partial charge on any atom is -0.342 e. The quantitative estimate of drug-likeness (QED) is 0.775. The Morgan fingerprint density at radius 2 is 1.33 bits per heavy atom. The standard InChI is InChI=1S/C21H38N2O/c1-15(2)17-5-7-20(8-6-17)22-11-9-18(10-12-22)21(24)23-13-19(14-23)16(3)4/h15-20H,5-14H2,1-4H3. The number of rotatable bonds is 4. The van der Waals surface area contributed by atoms with Gasteiger partial charge in [-0.25, -0.2) is 0 Å². The van der Waals surface area contributed by atoms with E-state index >= 15 is 0 Å². The van der Waals surface area contributed by atoms with E-state index in [9.17, 15) is 4.79 Å². The van der Waals surface area contributed by atoms with Crippen LogP contribution in [0.5, 0.6) is 0 Å². The zero-order chi connectivity index (χ0) is 17.3. The van der Waals surface area contributed by atoms with Gasteiger partial charge in [0.2, 0.25) is 5.91 Å². The van der Waals surface area contributed by atoms with Crippen molar-refractivity contribution in [3.8, 4) is 0 Å². The Morgan fingerprint density at radius 1 is 0.792 bits per heavy atom. The number of hydrogen-bond donors (Lipinski definition) is 0. The largest absolute Gasteiger partial charge is 0.342 e. The van der Waals surface area contributed by atoms with Gasteiger partial charge in [-0.3, -0.25) is 4.79 Å². The molecular formula is C21H38N2O. The molecule has 3 aliphatic rings. The van der Waals surface area contributed by atoms with Crippen molar-refractivity contribution < 1.29 is 4.79 Å². The number of hydrogen-bond acceptors (Lipinski definition) is 2. The fraction of sp³-hybridized carbons (Fsp3) is 0.952. The SMILES string of the molecule is CC(C)C1CCC(N2CCC(C(=O)N3CC(C(C)C)C3)CC2)CC1. The lowest BCUT2D eigenvalue weighted by molar-refractivity contribution is -0.145. The summed E-state index contributed by atoms with van der Waals surface area (Å²) in [5, 5.41) is 0. The molecule has 3 fully saturated rings. The smallest absolute Gasteiger partial charge is 0.225 e. The molecule has 3 nitrogen and oxygen atoms in total. The van der Waals surface area contributed by atoms with E-state index in [1.165, 1.54) is 25.7 Å². The van der Waals surface area contributed by atoms with Crippen LogP contribution in [0.2, 0.25) is 0 Å². The van der Waals surface area contributed by atoms with Crippen molar-refractivity contribution in [1.29, 1.82) is 0 Å². The van der Waals surface area contributed by atoms with Crippen molar-refractivity contribution in [2.45, 2.75) is 72.3 Å². The zero-order valence-corrected chi connectivity index (χ0v) is 16.3. The highest BCUT2D eigenvalue weighted by atomic mass is 16.2. The predicted molar refractivity (Wildman–Crippen MR) is 99.8 cm³/mol. The van der Waals surface area contributed by atoms with Crippen LogP contribution in [0.4, 0.5) is 0 Å². The van der Waals surface area contributed by atoms with Gasteiger partial charge < -0.3 is 9.80 Å². The van der Waals surface area contributed by atoms with Crippen molar-refractivity contribution >= 4 is 5.91 Å². The lowest BCUT2D eigenvalue weighted by Crippen LogP contribution is -2.55. The summed E-state index contributed by atoms with van der Waals surface area (Å²) < 4.78 is 0. The van der Waals surface area contributed by atoms with Crippen molar-refractivity contribution in [3.63, 3.8) is 0 Å². The third-order valence-electron chi connectivity index (χ3n) is 7.24. The number of likely N-dealkylation sites (tertiary alicyclic amines) is 2. The molecule has 24 heavy (non-hydrogen) atoms. The van der Waals surface area contributed by atoms with E-state index in [4.69, 9.17) is 0 Å². The molecule has 0 bridgehead atoms. The maximum atomic E-state index is 12.7. The third kappa shape index (κ3) is 3.98. The number of carbonyl (C=O) groups excluding carboxylic acids is 1. The minimum absolute atomic E-state index is 0.307. The molecule has 3 heteroatoms. The number of carbonyl (C=O) groups is 1. The second kappa shape index (κ2) is 7.76. The Balaban J connectivity index is 1.39. The molecular weight excluding hydrogens is 296 g/mol. The second-order valence-electron chi connectivity index (χ2n) is 9.37. The molecule has 0 aromatic carbocycles. The van der Waals surface area contributed by atoms with E-state index in [-0.39, 0.29) is 0 Å². The summed E-state index contributed by atoms with van der Waals surface area (Å²) in [5.74, 6) is 4.01. The zero-order valence-electron chi connectivity index (χ0n) is 16.3. The summed E-state index contributed by atoms with van der Waals surface area (Å²) in [7, 11) is 0. The molecule has 138 valence electrons. The lowest BCUT2D eigenvalue weighted by Gasteiger charge is -2.45. The van der Waals surface area contributed by atoms with E-state index in [1.807, 2.05) is 0 Å². The Labute approximate surface area is 149 Å². The fourth-order valence-electron chi connectivity index (χ4n) is 5.02. The Bertz CT molecular complexity index is 412. The topological polar surface area (TPSA) is 23.6 Å². The van der Waals surface area contributed by atoms with Crippen molar-refractivity contribution in [2.75, 3.05) is 26.2 Å². The van der Waals surface area contributed by atoms with Crippen LogP contribution < -0.4 is 0 Å². The van der Waals surface area contributed by atoms with E-state index < -0.39 is 0 Å². The van der Waals surface area contributed by atoms with Gasteiger partial charge in [-0.15, -0.1) is 0 Å². The highest BCUT2D eigenvalue weighted by molar-refractivity contribution is 5.79. The van der Waals surface area contributed by atoms with E-state index in [0.717, 1.165) is 68.7 Å². The minimum atomic E-state index is 0.307. The molecule has 1 amide bonds. The van der Waals surface area contributed by atoms with Gasteiger partial charge >= 0.3 is 0 Å². The molecule has 0 spiro atoms. The summed E-state index contributed by atoms with van der Waals surface area (Å²) in [4.78, 5) is 17.5. The molecule has 1 saturated carbocycles. The van der Waals surface area contributed by atoms with Crippen LogP contribution in [0.3, 0.4) is 0 Å². The number of amides is 1.